The first kappa shape index (κ1) is 13.1. The van der Waals surface area contributed by atoms with Gasteiger partial charge < -0.3 is 10.6 Å². The maximum Gasteiger partial charge on any atom is 0.237 e. The predicted octanol–water partition coefficient (Wildman–Crippen LogP) is 1.15. The molecule has 0 aromatic rings. The molecular weight excluding hydrogens is 200 g/mol. The van der Waals surface area contributed by atoms with Crippen LogP contribution in [-0.2, 0) is 4.79 Å². The molecule has 3 heteroatoms. The van der Waals surface area contributed by atoms with Crippen LogP contribution >= 0.6 is 0 Å². The summed E-state index contributed by atoms with van der Waals surface area (Å²) >= 11 is 0. The van der Waals surface area contributed by atoms with Crippen molar-refractivity contribution >= 4 is 5.91 Å². The molecule has 3 nitrogen and oxygen atoms in total. The van der Waals surface area contributed by atoms with Crippen molar-refractivity contribution in [1.82, 2.24) is 10.6 Å². The lowest BCUT2D eigenvalue weighted by Gasteiger charge is -2.23. The molecular formula is C13H22N2O. The summed E-state index contributed by atoms with van der Waals surface area (Å²) in [5, 5.41) is 6.08. The number of hydrogen-bond acceptors (Lipinski definition) is 2. The Morgan fingerprint density at radius 3 is 2.69 bits per heavy atom. The molecule has 1 amide bonds. The molecule has 0 radical (unpaired) electrons. The first-order valence-corrected chi connectivity index (χ1v) is 6.03. The molecule has 0 aliphatic heterocycles. The van der Waals surface area contributed by atoms with E-state index in [0.29, 0.717) is 18.5 Å². The van der Waals surface area contributed by atoms with Crippen molar-refractivity contribution < 1.29 is 4.79 Å². The summed E-state index contributed by atoms with van der Waals surface area (Å²) in [5.41, 5.74) is 0. The van der Waals surface area contributed by atoms with E-state index < -0.39 is 0 Å². The van der Waals surface area contributed by atoms with Gasteiger partial charge in [-0.05, 0) is 31.6 Å². The fraction of sp³-hybridized carbons (Fsp3) is 0.769. The molecule has 0 heterocycles. The lowest BCUT2D eigenvalue weighted by atomic mass is 9.97. The first-order chi connectivity index (χ1) is 7.56. The second-order valence-corrected chi connectivity index (χ2v) is 4.83. The zero-order valence-corrected chi connectivity index (χ0v) is 10.4. The topological polar surface area (TPSA) is 41.1 Å². The second kappa shape index (κ2) is 5.91. The first-order valence-electron chi connectivity index (χ1n) is 6.03. The van der Waals surface area contributed by atoms with Gasteiger partial charge in [0.25, 0.3) is 0 Å². The van der Waals surface area contributed by atoms with Crippen LogP contribution in [0.3, 0.4) is 0 Å². The van der Waals surface area contributed by atoms with Gasteiger partial charge >= 0.3 is 0 Å². The number of nitrogens with one attached hydrogen (secondary N) is 2. The van der Waals surface area contributed by atoms with Crippen LogP contribution in [0.1, 0.15) is 33.6 Å². The van der Waals surface area contributed by atoms with Crippen LogP contribution in [0.25, 0.3) is 0 Å². The molecule has 0 spiro atoms. The summed E-state index contributed by atoms with van der Waals surface area (Å²) in [4.78, 5) is 11.6. The van der Waals surface area contributed by atoms with Crippen LogP contribution in [0.2, 0.25) is 0 Å². The van der Waals surface area contributed by atoms with E-state index in [1.807, 2.05) is 6.92 Å². The van der Waals surface area contributed by atoms with Crippen LogP contribution < -0.4 is 10.6 Å². The van der Waals surface area contributed by atoms with Crippen LogP contribution in [0, 0.1) is 24.2 Å². The van der Waals surface area contributed by atoms with Crippen molar-refractivity contribution in [3.63, 3.8) is 0 Å². The van der Waals surface area contributed by atoms with Crippen molar-refractivity contribution in [3.05, 3.63) is 0 Å². The van der Waals surface area contributed by atoms with E-state index in [1.165, 1.54) is 6.42 Å². The number of rotatable bonds is 4. The van der Waals surface area contributed by atoms with Crippen molar-refractivity contribution in [3.8, 4) is 12.3 Å². The van der Waals surface area contributed by atoms with Crippen molar-refractivity contribution in [2.75, 3.05) is 6.54 Å². The number of terminal acetylenes is 1. The Balaban J connectivity index is 2.37. The minimum absolute atomic E-state index is 0.00953. The van der Waals surface area contributed by atoms with Gasteiger partial charge in [0.1, 0.15) is 0 Å². The molecule has 16 heavy (non-hydrogen) atoms. The highest BCUT2D eigenvalue weighted by Gasteiger charge is 2.31. The summed E-state index contributed by atoms with van der Waals surface area (Å²) in [6.45, 7) is 6.72. The molecule has 1 fully saturated rings. The fourth-order valence-electron chi connectivity index (χ4n) is 2.29. The Labute approximate surface area is 98.4 Å². The number of carbonyl (C=O) groups excluding carboxylic acids is 1. The number of carbonyl (C=O) groups is 1. The van der Waals surface area contributed by atoms with Crippen LogP contribution in [0.5, 0.6) is 0 Å². The number of hydrogen-bond donors (Lipinski definition) is 2. The molecule has 0 aromatic heterocycles. The third kappa shape index (κ3) is 3.24. The molecule has 0 bridgehead atoms. The molecule has 4 unspecified atom stereocenters. The summed E-state index contributed by atoms with van der Waals surface area (Å²) in [5.74, 6) is 3.78. The summed E-state index contributed by atoms with van der Waals surface area (Å²) in [7, 11) is 0. The fourth-order valence-corrected chi connectivity index (χ4v) is 2.29. The second-order valence-electron chi connectivity index (χ2n) is 4.83. The maximum atomic E-state index is 11.6. The van der Waals surface area contributed by atoms with Gasteiger partial charge in [0.15, 0.2) is 0 Å². The van der Waals surface area contributed by atoms with E-state index in [0.717, 1.165) is 12.3 Å². The van der Waals surface area contributed by atoms with E-state index in [-0.39, 0.29) is 11.9 Å². The van der Waals surface area contributed by atoms with Crippen molar-refractivity contribution in [2.45, 2.75) is 45.7 Å². The van der Waals surface area contributed by atoms with E-state index in [2.05, 4.69) is 30.4 Å². The average Bonchev–Trinajstić information content (AvgIpc) is 2.57. The third-order valence-corrected chi connectivity index (χ3v) is 3.69. The minimum Gasteiger partial charge on any atom is -0.344 e. The quantitative estimate of drug-likeness (QED) is 0.701. The molecule has 0 aromatic carbocycles. The normalized spacial score (nSPS) is 30.8. The molecule has 4 atom stereocenters. The van der Waals surface area contributed by atoms with Gasteiger partial charge in [-0.15, -0.1) is 6.42 Å². The monoisotopic (exact) mass is 222 g/mol. The zero-order valence-electron chi connectivity index (χ0n) is 10.4. The largest absolute Gasteiger partial charge is 0.344 e. The third-order valence-electron chi connectivity index (χ3n) is 3.69. The molecule has 90 valence electrons. The Morgan fingerprint density at radius 2 is 2.19 bits per heavy atom. The Bertz CT molecular complexity index is 282. The smallest absolute Gasteiger partial charge is 0.237 e. The van der Waals surface area contributed by atoms with E-state index in [1.54, 1.807) is 0 Å². The highest BCUT2D eigenvalue weighted by atomic mass is 16.2. The van der Waals surface area contributed by atoms with E-state index in [4.69, 9.17) is 6.42 Å². The van der Waals surface area contributed by atoms with Crippen LogP contribution in [0.4, 0.5) is 0 Å². The lowest BCUT2D eigenvalue weighted by molar-refractivity contribution is -0.122. The molecule has 1 saturated carbocycles. The number of amides is 1. The summed E-state index contributed by atoms with van der Waals surface area (Å²) in [6.07, 6.45) is 7.51. The molecule has 1 rings (SSSR count). The van der Waals surface area contributed by atoms with Crippen molar-refractivity contribution in [2.24, 2.45) is 11.8 Å². The van der Waals surface area contributed by atoms with Crippen LogP contribution in [0.15, 0.2) is 0 Å². The van der Waals surface area contributed by atoms with Gasteiger partial charge in [-0.2, -0.15) is 0 Å². The standard InChI is InChI=1S/C13H22N2O/c1-5-8-14-13(16)11(4)15-12-7-6-9(2)10(12)3/h1,9-12,15H,6-8H2,2-4H3,(H,14,16). The maximum absolute atomic E-state index is 11.6. The molecule has 1 aliphatic carbocycles. The molecule has 2 N–H and O–H groups in total. The van der Waals surface area contributed by atoms with Gasteiger partial charge in [-0.1, -0.05) is 19.8 Å². The van der Waals surface area contributed by atoms with Gasteiger partial charge in [0, 0.05) is 6.04 Å². The summed E-state index contributed by atoms with van der Waals surface area (Å²) < 4.78 is 0. The van der Waals surface area contributed by atoms with Gasteiger partial charge in [0.05, 0.1) is 12.6 Å². The molecule has 1 aliphatic rings. The Kier molecular flexibility index (Phi) is 4.82. The van der Waals surface area contributed by atoms with Gasteiger partial charge in [-0.25, -0.2) is 0 Å². The zero-order chi connectivity index (χ0) is 12.1. The van der Waals surface area contributed by atoms with Gasteiger partial charge in [0.2, 0.25) is 5.91 Å². The minimum atomic E-state index is -0.161. The molecule has 0 saturated heterocycles. The van der Waals surface area contributed by atoms with E-state index in [9.17, 15) is 4.79 Å². The SMILES string of the molecule is C#CCNC(=O)C(C)NC1CCC(C)C1C. The Hall–Kier alpha value is -1.01. The summed E-state index contributed by atoms with van der Waals surface area (Å²) in [6, 6.07) is 0.299. The van der Waals surface area contributed by atoms with E-state index >= 15 is 0 Å². The van der Waals surface area contributed by atoms with Gasteiger partial charge in [-0.3, -0.25) is 4.79 Å². The lowest BCUT2D eigenvalue weighted by Crippen LogP contribution is -2.47. The average molecular weight is 222 g/mol. The highest BCUT2D eigenvalue weighted by molar-refractivity contribution is 5.81. The Morgan fingerprint density at radius 1 is 1.50 bits per heavy atom. The van der Waals surface area contributed by atoms with Crippen molar-refractivity contribution in [1.29, 1.82) is 0 Å². The highest BCUT2D eigenvalue weighted by Crippen LogP contribution is 2.31. The predicted molar refractivity (Wildman–Crippen MR) is 65.8 cm³/mol. The van der Waals surface area contributed by atoms with Crippen LogP contribution in [-0.4, -0.2) is 24.5 Å².